The Hall–Kier alpha value is -1.26. The second-order valence-electron chi connectivity index (χ2n) is 9.97. The molecule has 0 fully saturated rings. The number of hydrogen-bond acceptors (Lipinski definition) is 7. The molecule has 9 nitrogen and oxygen atoms in total. The van der Waals surface area contributed by atoms with Gasteiger partial charge in [0.15, 0.2) is 12.2 Å². The van der Waals surface area contributed by atoms with E-state index in [9.17, 15) is 24.9 Å². The normalized spacial score (nSPS) is 14.3. The predicted octanol–water partition coefficient (Wildman–Crippen LogP) is 3.43. The quantitative estimate of drug-likeness (QED) is 0.0971. The van der Waals surface area contributed by atoms with Gasteiger partial charge < -0.3 is 37.3 Å². The number of aliphatic hydroxyl groups excluding tert-OH is 3. The highest BCUT2D eigenvalue weighted by Crippen LogP contribution is 2.12. The van der Waals surface area contributed by atoms with Crippen molar-refractivity contribution in [1.29, 1.82) is 0 Å². The van der Waals surface area contributed by atoms with Gasteiger partial charge in [-0.3, -0.25) is 9.59 Å². The Bertz CT molecular complexity index is 514. The predicted molar refractivity (Wildman–Crippen MR) is 150 cm³/mol. The fraction of sp³-hybridized carbons (Fsp3) is 0.929. The Balaban J connectivity index is 0. The van der Waals surface area contributed by atoms with Crippen LogP contribution in [0.1, 0.15) is 129 Å². The summed E-state index contributed by atoms with van der Waals surface area (Å²) in [5.74, 6) is -2.20. The van der Waals surface area contributed by atoms with Crippen molar-refractivity contribution in [1.82, 2.24) is 0 Å². The summed E-state index contributed by atoms with van der Waals surface area (Å²) in [5.41, 5.74) is 15.4. The minimum atomic E-state index is -2.01. The van der Waals surface area contributed by atoms with Crippen LogP contribution >= 0.6 is 0 Å². The molecule has 2 amide bonds. The molecular formula is C28H59N3O6. The summed E-state index contributed by atoms with van der Waals surface area (Å²) in [4.78, 5) is 22.2. The molecule has 0 saturated carbocycles. The van der Waals surface area contributed by atoms with Gasteiger partial charge in [-0.1, -0.05) is 117 Å². The molecular weight excluding hydrogens is 474 g/mol. The zero-order chi connectivity index (χ0) is 28.3. The van der Waals surface area contributed by atoms with E-state index < -0.39 is 36.2 Å². The number of amides is 2. The Morgan fingerprint density at radius 3 is 1.32 bits per heavy atom. The largest absolute Gasteiger partial charge is 0.387 e. The third-order valence-electron chi connectivity index (χ3n) is 6.41. The third-order valence-corrected chi connectivity index (χ3v) is 6.41. The molecule has 0 rings (SSSR count). The average Bonchev–Trinajstić information content (AvgIpc) is 2.87. The van der Waals surface area contributed by atoms with Gasteiger partial charge in [0.25, 0.3) is 0 Å². The molecule has 0 unspecified atom stereocenters. The Labute approximate surface area is 225 Å². The lowest BCUT2D eigenvalue weighted by molar-refractivity contribution is -0.158. The maximum absolute atomic E-state index is 11.4. The Morgan fingerprint density at radius 2 is 0.973 bits per heavy atom. The molecule has 9 N–H and O–H groups in total. The first-order chi connectivity index (χ1) is 17.7. The molecule has 0 aliphatic carbocycles. The molecule has 0 heterocycles. The molecule has 9 heteroatoms. The van der Waals surface area contributed by atoms with Crippen molar-refractivity contribution >= 4 is 11.8 Å². The number of aliphatic hydroxyl groups is 3. The summed E-state index contributed by atoms with van der Waals surface area (Å²) >= 11 is 0. The summed E-state index contributed by atoms with van der Waals surface area (Å²) < 4.78 is 5.23. The number of hydrogen-bond donors (Lipinski definition) is 6. The molecule has 0 aromatic rings. The number of unbranched alkanes of at least 4 members (excludes halogenated alkanes) is 16. The molecule has 37 heavy (non-hydrogen) atoms. The van der Waals surface area contributed by atoms with Crippen molar-refractivity contribution in [2.24, 2.45) is 17.2 Å². The zero-order valence-corrected chi connectivity index (χ0v) is 23.7. The highest BCUT2D eigenvalue weighted by Gasteiger charge is 2.37. The van der Waals surface area contributed by atoms with E-state index in [0.717, 1.165) is 25.8 Å². The van der Waals surface area contributed by atoms with E-state index in [-0.39, 0.29) is 6.61 Å². The molecule has 4 atom stereocenters. The van der Waals surface area contributed by atoms with E-state index in [2.05, 4.69) is 13.8 Å². The van der Waals surface area contributed by atoms with Gasteiger partial charge in [0.1, 0.15) is 12.2 Å². The standard InChI is InChI=1S/C17H34N2O6.C11H25N/c1-2-3-4-5-6-7-8-9-10-11-25-15(17(19)24)13(21)12(20)14(22)16(18)23;1-2-3-4-5-6-7-8-9-10-11-12/h12-15,20-22H,2-11H2,1H3,(H2,18,23)(H2,19,24);2-12H2,1H3/t12-,13-,14-,15+;/m0./s1. The minimum absolute atomic E-state index is 0.180. The lowest BCUT2D eigenvalue weighted by atomic mass is 10.0. The lowest BCUT2D eigenvalue weighted by Crippen LogP contribution is -2.53. The first-order valence-electron chi connectivity index (χ1n) is 14.7. The topological polar surface area (TPSA) is 182 Å². The SMILES string of the molecule is CCCCCCCCCCCN.CCCCCCCCCCCO[C@@H](C(N)=O)[C@@H](O)[C@H](O)[C@H](O)C(N)=O. The van der Waals surface area contributed by atoms with Gasteiger partial charge in [0, 0.05) is 6.61 Å². The molecule has 0 aromatic carbocycles. The van der Waals surface area contributed by atoms with Crippen LogP contribution in [0.15, 0.2) is 0 Å². The fourth-order valence-electron chi connectivity index (χ4n) is 3.96. The summed E-state index contributed by atoms with van der Waals surface area (Å²) in [6, 6.07) is 0. The van der Waals surface area contributed by atoms with Crippen molar-refractivity contribution in [2.45, 2.75) is 154 Å². The van der Waals surface area contributed by atoms with Crippen LogP contribution in [-0.2, 0) is 14.3 Å². The molecule has 0 bridgehead atoms. The van der Waals surface area contributed by atoms with Crippen LogP contribution in [0.2, 0.25) is 0 Å². The number of rotatable bonds is 25. The molecule has 0 spiro atoms. The molecule has 222 valence electrons. The van der Waals surface area contributed by atoms with E-state index in [1.54, 1.807) is 0 Å². The second-order valence-corrected chi connectivity index (χ2v) is 9.97. The van der Waals surface area contributed by atoms with Crippen LogP contribution in [0, 0.1) is 0 Å². The van der Waals surface area contributed by atoms with Crippen LogP contribution in [-0.4, -0.2) is 64.7 Å². The fourth-order valence-corrected chi connectivity index (χ4v) is 3.96. The summed E-state index contributed by atoms with van der Waals surface area (Å²) in [5, 5.41) is 28.9. The first kappa shape index (κ1) is 37.9. The van der Waals surface area contributed by atoms with Crippen LogP contribution in [0.5, 0.6) is 0 Å². The average molecular weight is 534 g/mol. The third kappa shape index (κ3) is 23.6. The maximum Gasteiger partial charge on any atom is 0.249 e. The zero-order valence-electron chi connectivity index (χ0n) is 23.7. The number of ether oxygens (including phenoxy) is 1. The highest BCUT2D eigenvalue weighted by atomic mass is 16.5. The van der Waals surface area contributed by atoms with E-state index in [1.165, 1.54) is 89.9 Å². The maximum atomic E-state index is 11.4. The van der Waals surface area contributed by atoms with Crippen molar-refractivity contribution in [3.05, 3.63) is 0 Å². The van der Waals surface area contributed by atoms with E-state index in [0.29, 0.717) is 6.42 Å². The summed E-state index contributed by atoms with van der Waals surface area (Å²) in [7, 11) is 0. The van der Waals surface area contributed by atoms with Crippen molar-refractivity contribution in [2.75, 3.05) is 13.2 Å². The summed E-state index contributed by atoms with van der Waals surface area (Å²) in [6.07, 6.45) is 15.2. The Morgan fingerprint density at radius 1 is 0.595 bits per heavy atom. The second kappa shape index (κ2) is 27.8. The van der Waals surface area contributed by atoms with Crippen molar-refractivity contribution < 1.29 is 29.6 Å². The van der Waals surface area contributed by atoms with Gasteiger partial charge in [0.05, 0.1) is 0 Å². The van der Waals surface area contributed by atoms with Gasteiger partial charge in [-0.15, -0.1) is 0 Å². The first-order valence-corrected chi connectivity index (χ1v) is 14.7. The molecule has 0 radical (unpaired) electrons. The van der Waals surface area contributed by atoms with Gasteiger partial charge in [-0.05, 0) is 19.4 Å². The number of carbonyl (C=O) groups excluding carboxylic acids is 2. The number of carbonyl (C=O) groups is 2. The smallest absolute Gasteiger partial charge is 0.249 e. The summed E-state index contributed by atoms with van der Waals surface area (Å²) in [6.45, 7) is 5.50. The number of nitrogens with two attached hydrogens (primary N) is 3. The van der Waals surface area contributed by atoms with Gasteiger partial charge in [-0.2, -0.15) is 0 Å². The lowest BCUT2D eigenvalue weighted by Gasteiger charge is -2.26. The van der Waals surface area contributed by atoms with Crippen molar-refractivity contribution in [3.63, 3.8) is 0 Å². The van der Waals surface area contributed by atoms with Crippen molar-refractivity contribution in [3.8, 4) is 0 Å². The molecule has 0 aliphatic heterocycles. The van der Waals surface area contributed by atoms with Gasteiger partial charge in [-0.25, -0.2) is 0 Å². The van der Waals surface area contributed by atoms with Crippen LogP contribution in [0.4, 0.5) is 0 Å². The Kier molecular flexibility index (Phi) is 28.4. The minimum Gasteiger partial charge on any atom is -0.387 e. The van der Waals surface area contributed by atoms with Crippen LogP contribution < -0.4 is 17.2 Å². The van der Waals surface area contributed by atoms with E-state index >= 15 is 0 Å². The highest BCUT2D eigenvalue weighted by molar-refractivity contribution is 5.81. The van der Waals surface area contributed by atoms with E-state index in [4.69, 9.17) is 21.9 Å². The van der Waals surface area contributed by atoms with E-state index in [1.807, 2.05) is 0 Å². The monoisotopic (exact) mass is 533 g/mol. The van der Waals surface area contributed by atoms with Gasteiger partial charge >= 0.3 is 0 Å². The molecule has 0 aromatic heterocycles. The molecule has 0 aliphatic rings. The van der Waals surface area contributed by atoms with Crippen LogP contribution in [0.25, 0.3) is 0 Å². The number of primary amides is 2. The van der Waals surface area contributed by atoms with Gasteiger partial charge in [0.2, 0.25) is 11.8 Å². The van der Waals surface area contributed by atoms with Crippen LogP contribution in [0.3, 0.4) is 0 Å². The molecule has 0 saturated heterocycles.